The molecule has 14 nitrogen and oxygen atoms in total. The zero-order valence-corrected chi connectivity index (χ0v) is 34.3. The van der Waals surface area contributed by atoms with Crippen LogP contribution in [0.25, 0.3) is 21.6 Å². The van der Waals surface area contributed by atoms with E-state index in [4.69, 9.17) is 19.4 Å². The Morgan fingerprint density at radius 1 is 1.04 bits per heavy atom. The quantitative estimate of drug-likeness (QED) is 0.170. The highest BCUT2D eigenvalue weighted by Crippen LogP contribution is 2.49. The van der Waals surface area contributed by atoms with Gasteiger partial charge < -0.3 is 25.0 Å². The highest BCUT2D eigenvalue weighted by molar-refractivity contribution is 7.91. The number of thiophene rings is 1. The number of likely N-dealkylation sites (tertiary alicyclic amines) is 1. The van der Waals surface area contributed by atoms with Crippen LogP contribution in [-0.2, 0) is 29.1 Å². The number of carbonyl (C=O) groups is 4. The highest BCUT2D eigenvalue weighted by Gasteiger charge is 2.66. The van der Waals surface area contributed by atoms with Gasteiger partial charge in [0.05, 0.1) is 27.7 Å². The molecule has 3 aromatic rings. The third-order valence-electron chi connectivity index (χ3n) is 11.3. The van der Waals surface area contributed by atoms with Crippen molar-refractivity contribution in [3.05, 3.63) is 41.8 Å². The number of alkyl carbamates (subject to hydrolysis) is 1. The summed E-state index contributed by atoms with van der Waals surface area (Å²) in [6, 6.07) is 8.69. The second kappa shape index (κ2) is 16.1. The van der Waals surface area contributed by atoms with Gasteiger partial charge >= 0.3 is 6.09 Å². The number of para-hydroxylation sites is 2. The molecule has 0 bridgehead atoms. The van der Waals surface area contributed by atoms with Crippen molar-refractivity contribution in [2.75, 3.05) is 6.54 Å². The van der Waals surface area contributed by atoms with Crippen molar-refractivity contribution in [1.82, 2.24) is 30.2 Å². The normalized spacial score (nSPS) is 24.8. The van der Waals surface area contributed by atoms with E-state index in [0.29, 0.717) is 36.0 Å². The first-order chi connectivity index (χ1) is 27.1. The minimum atomic E-state index is -4.02. The molecular weight excluding hydrogens is 776 g/mol. The predicted octanol–water partition coefficient (Wildman–Crippen LogP) is 6.15. The monoisotopic (exact) mass is 832 g/mol. The van der Waals surface area contributed by atoms with Gasteiger partial charge in [0.25, 0.3) is 5.91 Å². The first-order valence-electron chi connectivity index (χ1n) is 19.9. The van der Waals surface area contributed by atoms with Gasteiger partial charge in [0.15, 0.2) is 0 Å². The maximum Gasteiger partial charge on any atom is 0.408 e. The molecule has 4 aliphatic rings. The Kier molecular flexibility index (Phi) is 11.5. The summed E-state index contributed by atoms with van der Waals surface area (Å²) in [5.41, 5.74) is -0.977. The Labute approximate surface area is 340 Å². The largest absolute Gasteiger partial charge is 0.471 e. The molecule has 2 aromatic heterocycles. The van der Waals surface area contributed by atoms with Crippen LogP contribution in [0.2, 0.25) is 0 Å². The van der Waals surface area contributed by atoms with Gasteiger partial charge in [-0.05, 0) is 80.4 Å². The molecule has 1 saturated heterocycles. The number of nitrogens with one attached hydrogen (secondary N) is 3. The van der Waals surface area contributed by atoms with Crippen molar-refractivity contribution in [3.63, 3.8) is 0 Å². The number of halogens is 1. The summed E-state index contributed by atoms with van der Waals surface area (Å²) in [4.78, 5) is 68.0. The van der Waals surface area contributed by atoms with E-state index in [-0.39, 0.29) is 42.1 Å². The third-order valence-corrected chi connectivity index (χ3v) is 14.0. The maximum absolute atomic E-state index is 15.5. The van der Waals surface area contributed by atoms with Crippen molar-refractivity contribution >= 4 is 56.2 Å². The average Bonchev–Trinajstić information content (AvgIpc) is 3.93. The number of alkyl halides is 1. The molecule has 3 aliphatic carbocycles. The lowest BCUT2D eigenvalue weighted by Crippen LogP contribution is -2.60. The smallest absolute Gasteiger partial charge is 0.408 e. The van der Waals surface area contributed by atoms with Crippen LogP contribution in [0.1, 0.15) is 96.2 Å². The number of nitrogens with zero attached hydrogens (tertiary/aromatic N) is 3. The van der Waals surface area contributed by atoms with Crippen LogP contribution >= 0.6 is 11.3 Å². The number of ether oxygens (including phenoxy) is 2. The van der Waals surface area contributed by atoms with Gasteiger partial charge in [-0.1, -0.05) is 52.3 Å². The molecule has 4 amide bonds. The van der Waals surface area contributed by atoms with E-state index in [1.54, 1.807) is 33.8 Å². The Morgan fingerprint density at radius 3 is 2.37 bits per heavy atom. The standard InChI is InChI=1S/C40H51FN6O8S2.3H2/c1-5-11-27(41)26-21-40(26,37(50)46-57(52,53)25-17-18-25)45-34(48)30-20-24(54-35-32(31-16-10-19-56-31)42-28-14-8-9-15-29(28)43-35)22-47(30)36(49)33(39(2,3)4)44-38(51)55-23-12-6-7-13-23;;;/h8-10,14-16,19,23-27,30,33H,5-7,11-13,17-18,20-22H2,1-4H3,(H,44,51)(H,45,48)(H,46,50);3*1H/t24-,26+,27?,30+,33-,40-;;;/m1.../s1. The maximum atomic E-state index is 15.5. The lowest BCUT2D eigenvalue weighted by molar-refractivity contribution is -0.143. The van der Waals surface area contributed by atoms with Gasteiger partial charge in [-0.15, -0.1) is 11.3 Å². The number of hydrogen-bond acceptors (Lipinski definition) is 11. The Balaban J connectivity index is 0.00000265. The van der Waals surface area contributed by atoms with E-state index in [0.717, 1.165) is 30.6 Å². The Hall–Kier alpha value is -4.38. The summed E-state index contributed by atoms with van der Waals surface area (Å²) in [7, 11) is -4.02. The summed E-state index contributed by atoms with van der Waals surface area (Å²) in [5, 5.41) is 6.68. The molecular formula is C40H57FN6O8S2. The van der Waals surface area contributed by atoms with Crippen molar-refractivity contribution in [2.24, 2.45) is 11.3 Å². The Bertz CT molecular complexity index is 2120. The van der Waals surface area contributed by atoms with Gasteiger partial charge in [-0.3, -0.25) is 19.1 Å². The zero-order chi connectivity index (χ0) is 40.7. The molecule has 1 unspecified atom stereocenters. The second-order valence-electron chi connectivity index (χ2n) is 16.8. The van der Waals surface area contributed by atoms with E-state index in [9.17, 15) is 27.6 Å². The number of aromatic nitrogens is 2. The lowest BCUT2D eigenvalue weighted by atomic mass is 9.85. The summed E-state index contributed by atoms with van der Waals surface area (Å²) in [6.07, 6.45) is 1.28. The summed E-state index contributed by atoms with van der Waals surface area (Å²) in [6.45, 7) is 7.04. The van der Waals surface area contributed by atoms with Gasteiger partial charge in [-0.25, -0.2) is 27.6 Å². The number of fused-ring (bicyclic) bond motifs is 1. The summed E-state index contributed by atoms with van der Waals surface area (Å²) in [5.74, 6) is -3.13. The van der Waals surface area contributed by atoms with Gasteiger partial charge in [-0.2, -0.15) is 0 Å². The van der Waals surface area contributed by atoms with Gasteiger partial charge in [0.2, 0.25) is 27.7 Å². The number of carbonyl (C=O) groups excluding carboxylic acids is 4. The van der Waals surface area contributed by atoms with Gasteiger partial charge in [0, 0.05) is 16.6 Å². The molecule has 3 heterocycles. The molecule has 6 atom stereocenters. The van der Waals surface area contributed by atoms with Crippen molar-refractivity contribution < 1.29 is 45.7 Å². The van der Waals surface area contributed by atoms with Gasteiger partial charge in [0.1, 0.15) is 41.7 Å². The van der Waals surface area contributed by atoms with Crippen molar-refractivity contribution in [3.8, 4) is 16.5 Å². The molecule has 314 valence electrons. The van der Waals surface area contributed by atoms with Crippen LogP contribution in [0, 0.1) is 11.3 Å². The van der Waals surface area contributed by atoms with Crippen molar-refractivity contribution in [2.45, 2.75) is 133 Å². The second-order valence-corrected chi connectivity index (χ2v) is 19.7. The van der Waals surface area contributed by atoms with Crippen LogP contribution in [-0.4, -0.2) is 94.9 Å². The molecule has 0 radical (unpaired) electrons. The predicted molar refractivity (Wildman–Crippen MR) is 218 cm³/mol. The fourth-order valence-corrected chi connectivity index (χ4v) is 10.0. The summed E-state index contributed by atoms with van der Waals surface area (Å²) < 4.78 is 55.6. The number of hydrogen-bond donors (Lipinski definition) is 3. The van der Waals surface area contributed by atoms with Crippen LogP contribution < -0.4 is 20.1 Å². The molecule has 3 N–H and O–H groups in total. The van der Waals surface area contributed by atoms with E-state index in [1.165, 1.54) is 16.2 Å². The Morgan fingerprint density at radius 2 is 1.74 bits per heavy atom. The number of amides is 4. The zero-order valence-electron chi connectivity index (χ0n) is 32.7. The molecule has 17 heteroatoms. The minimum absolute atomic E-state index is 0. The van der Waals surface area contributed by atoms with Crippen LogP contribution in [0.3, 0.4) is 0 Å². The molecule has 3 saturated carbocycles. The molecule has 0 spiro atoms. The topological polar surface area (TPSA) is 186 Å². The van der Waals surface area contributed by atoms with Crippen LogP contribution in [0.5, 0.6) is 5.88 Å². The minimum Gasteiger partial charge on any atom is -0.471 e. The molecule has 57 heavy (non-hydrogen) atoms. The summed E-state index contributed by atoms with van der Waals surface area (Å²) >= 11 is 1.45. The third kappa shape index (κ3) is 8.88. The number of benzene rings is 1. The van der Waals surface area contributed by atoms with E-state index >= 15 is 4.39 Å². The van der Waals surface area contributed by atoms with E-state index < -0.39 is 80.3 Å². The number of sulfonamides is 1. The molecule has 1 aromatic carbocycles. The van der Waals surface area contributed by atoms with Crippen molar-refractivity contribution in [1.29, 1.82) is 0 Å². The first-order valence-corrected chi connectivity index (χ1v) is 22.3. The average molecular weight is 833 g/mol. The first kappa shape index (κ1) is 40.8. The molecule has 1 aliphatic heterocycles. The lowest BCUT2D eigenvalue weighted by Gasteiger charge is -2.35. The van der Waals surface area contributed by atoms with E-state index in [2.05, 4.69) is 15.4 Å². The van der Waals surface area contributed by atoms with Crippen LogP contribution in [0.4, 0.5) is 9.18 Å². The van der Waals surface area contributed by atoms with Crippen LogP contribution in [0.15, 0.2) is 41.8 Å². The SMILES string of the molecule is CCCC(F)[C@@H]1C[C@]1(NC(=O)[C@@H]1C[C@@H](Oc2nc3ccccc3nc2-c2cccs2)CN1C(=O)[C@@H](NC(=O)OC1CCCC1)C(C)(C)C)C(=O)NS(=O)(=O)C1CC1.[HH].[HH].[HH]. The molecule has 4 fully saturated rings. The fraction of sp³-hybridized carbons (Fsp3) is 0.600. The molecule has 7 rings (SSSR count). The number of rotatable bonds is 14. The fourth-order valence-electron chi connectivity index (χ4n) is 7.94. The van der Waals surface area contributed by atoms with E-state index in [1.807, 2.05) is 35.7 Å². The highest BCUT2D eigenvalue weighted by atomic mass is 32.2.